The summed E-state index contributed by atoms with van der Waals surface area (Å²) in [5, 5.41) is 3.81. The van der Waals surface area contributed by atoms with E-state index in [9.17, 15) is 0 Å². The summed E-state index contributed by atoms with van der Waals surface area (Å²) in [5.41, 5.74) is 3.45. The molecule has 8 heteroatoms. The first-order valence-electron chi connectivity index (χ1n) is 5.97. The molecule has 1 aromatic heterocycles. The van der Waals surface area contributed by atoms with Crippen LogP contribution in [0.25, 0.3) is 0 Å². The van der Waals surface area contributed by atoms with Gasteiger partial charge in [-0.3, -0.25) is 5.43 Å². The number of hydrazine groups is 1. The van der Waals surface area contributed by atoms with E-state index in [1.54, 1.807) is 4.90 Å². The molecule has 0 fully saturated rings. The molecule has 0 saturated carbocycles. The molecule has 0 radical (unpaired) electrons. The number of nitrogen functional groups attached to an aromatic ring is 1. The lowest BCUT2D eigenvalue weighted by Gasteiger charge is -2.13. The molecule has 0 saturated heterocycles. The van der Waals surface area contributed by atoms with Gasteiger partial charge in [0.2, 0.25) is 17.8 Å². The van der Waals surface area contributed by atoms with Crippen LogP contribution in [0.1, 0.15) is 5.56 Å². The van der Waals surface area contributed by atoms with Gasteiger partial charge < -0.3 is 10.2 Å². The second kappa shape index (κ2) is 6.36. The van der Waals surface area contributed by atoms with E-state index in [0.29, 0.717) is 29.4 Å². The highest BCUT2D eigenvalue weighted by molar-refractivity contribution is 6.30. The van der Waals surface area contributed by atoms with E-state index >= 15 is 0 Å². The third-order valence-corrected chi connectivity index (χ3v) is 2.73. The normalized spacial score (nSPS) is 10.2. The molecule has 4 N–H and O–H groups in total. The zero-order valence-corrected chi connectivity index (χ0v) is 12.0. The molecule has 7 nitrogen and oxygen atoms in total. The molecular weight excluding hydrogens is 278 g/mol. The van der Waals surface area contributed by atoms with Gasteiger partial charge >= 0.3 is 0 Å². The molecule has 0 aliphatic carbocycles. The van der Waals surface area contributed by atoms with Crippen molar-refractivity contribution in [3.05, 3.63) is 34.9 Å². The Morgan fingerprint density at radius 1 is 1.20 bits per heavy atom. The molecule has 0 bridgehead atoms. The fourth-order valence-electron chi connectivity index (χ4n) is 1.54. The summed E-state index contributed by atoms with van der Waals surface area (Å²) in [7, 11) is 3.69. The number of hydrogen-bond donors (Lipinski definition) is 3. The smallest absolute Gasteiger partial charge is 0.243 e. The number of nitrogens with zero attached hydrogens (tertiary/aromatic N) is 4. The average molecular weight is 294 g/mol. The minimum atomic E-state index is 0.303. The quantitative estimate of drug-likeness (QED) is 0.568. The standard InChI is InChI=1S/C12H16ClN7/c1-20(2)12-17-10(16-11(18-12)19-14)15-7-8-4-3-5-9(13)6-8/h3-6H,7,14H2,1-2H3,(H2,15,16,17,18,19). The molecule has 2 aromatic rings. The highest BCUT2D eigenvalue weighted by Gasteiger charge is 2.07. The largest absolute Gasteiger partial charge is 0.350 e. The molecule has 0 aliphatic rings. The number of anilines is 3. The van der Waals surface area contributed by atoms with Gasteiger partial charge in [-0.05, 0) is 17.7 Å². The molecule has 0 unspecified atom stereocenters. The summed E-state index contributed by atoms with van der Waals surface area (Å²) in [6, 6.07) is 7.57. The van der Waals surface area contributed by atoms with Crippen LogP contribution in [-0.4, -0.2) is 29.0 Å². The summed E-state index contributed by atoms with van der Waals surface area (Å²) in [6.07, 6.45) is 0. The van der Waals surface area contributed by atoms with Gasteiger partial charge in [-0.15, -0.1) is 0 Å². The summed E-state index contributed by atoms with van der Waals surface area (Å²) in [5.74, 6) is 6.61. The number of benzene rings is 1. The maximum absolute atomic E-state index is 5.94. The van der Waals surface area contributed by atoms with Crippen LogP contribution in [0, 0.1) is 0 Å². The fourth-order valence-corrected chi connectivity index (χ4v) is 1.75. The Hall–Kier alpha value is -2.12. The molecular formula is C12H16ClN7. The Morgan fingerprint density at radius 2 is 1.95 bits per heavy atom. The SMILES string of the molecule is CN(C)c1nc(NN)nc(NCc2cccc(Cl)c2)n1. The number of nitrogens with two attached hydrogens (primary N) is 1. The second-order valence-corrected chi connectivity index (χ2v) is 4.74. The van der Waals surface area contributed by atoms with Crippen molar-refractivity contribution >= 4 is 29.4 Å². The minimum Gasteiger partial charge on any atom is -0.350 e. The maximum atomic E-state index is 5.94. The average Bonchev–Trinajstić information content (AvgIpc) is 2.45. The molecule has 0 aliphatic heterocycles. The van der Waals surface area contributed by atoms with Gasteiger partial charge in [-0.25, -0.2) is 5.84 Å². The molecule has 2 rings (SSSR count). The fraction of sp³-hybridized carbons (Fsp3) is 0.250. The van der Waals surface area contributed by atoms with Crippen molar-refractivity contribution in [1.82, 2.24) is 15.0 Å². The van der Waals surface area contributed by atoms with Crippen LogP contribution in [0.4, 0.5) is 17.8 Å². The van der Waals surface area contributed by atoms with Crippen LogP contribution in [0.15, 0.2) is 24.3 Å². The Labute approximate surface area is 122 Å². The predicted molar refractivity (Wildman–Crippen MR) is 80.7 cm³/mol. The van der Waals surface area contributed by atoms with E-state index < -0.39 is 0 Å². The van der Waals surface area contributed by atoms with Crippen molar-refractivity contribution in [1.29, 1.82) is 0 Å². The summed E-state index contributed by atoms with van der Waals surface area (Å²) >= 11 is 5.94. The van der Waals surface area contributed by atoms with E-state index in [1.807, 2.05) is 38.4 Å². The van der Waals surface area contributed by atoms with Crippen LogP contribution in [0.3, 0.4) is 0 Å². The predicted octanol–water partition coefficient (Wildman–Crippen LogP) is 1.49. The van der Waals surface area contributed by atoms with E-state index in [1.165, 1.54) is 0 Å². The molecule has 20 heavy (non-hydrogen) atoms. The van der Waals surface area contributed by atoms with Crippen molar-refractivity contribution in [2.45, 2.75) is 6.54 Å². The lowest BCUT2D eigenvalue weighted by atomic mass is 10.2. The number of aromatic nitrogens is 3. The van der Waals surface area contributed by atoms with E-state index in [-0.39, 0.29) is 0 Å². The minimum absolute atomic E-state index is 0.303. The van der Waals surface area contributed by atoms with E-state index in [0.717, 1.165) is 5.56 Å². The van der Waals surface area contributed by atoms with Gasteiger partial charge in [0.25, 0.3) is 0 Å². The topological polar surface area (TPSA) is 92.0 Å². The highest BCUT2D eigenvalue weighted by atomic mass is 35.5. The van der Waals surface area contributed by atoms with E-state index in [2.05, 4.69) is 25.7 Å². The van der Waals surface area contributed by atoms with Gasteiger partial charge in [0.05, 0.1) is 0 Å². The number of halogens is 1. The second-order valence-electron chi connectivity index (χ2n) is 4.30. The highest BCUT2D eigenvalue weighted by Crippen LogP contribution is 2.14. The van der Waals surface area contributed by atoms with Crippen LogP contribution in [-0.2, 0) is 6.54 Å². The third-order valence-electron chi connectivity index (χ3n) is 2.49. The molecule has 0 spiro atoms. The first kappa shape index (κ1) is 14.3. The molecule has 106 valence electrons. The van der Waals surface area contributed by atoms with Crippen LogP contribution in [0.5, 0.6) is 0 Å². The molecule has 1 heterocycles. The van der Waals surface area contributed by atoms with E-state index in [4.69, 9.17) is 17.4 Å². The monoisotopic (exact) mass is 293 g/mol. The van der Waals surface area contributed by atoms with Gasteiger partial charge in [-0.1, -0.05) is 23.7 Å². The first-order chi connectivity index (χ1) is 9.58. The van der Waals surface area contributed by atoms with Gasteiger partial charge in [0.1, 0.15) is 0 Å². The Balaban J connectivity index is 2.14. The Kier molecular flexibility index (Phi) is 4.54. The summed E-state index contributed by atoms with van der Waals surface area (Å²) < 4.78 is 0. The Bertz CT molecular complexity index is 588. The first-order valence-corrected chi connectivity index (χ1v) is 6.34. The molecule has 1 aromatic carbocycles. The van der Waals surface area contributed by atoms with Crippen LogP contribution >= 0.6 is 11.6 Å². The molecule has 0 amide bonds. The Morgan fingerprint density at radius 3 is 2.60 bits per heavy atom. The zero-order valence-electron chi connectivity index (χ0n) is 11.3. The molecule has 0 atom stereocenters. The number of nitrogens with one attached hydrogen (secondary N) is 2. The van der Waals surface area contributed by atoms with Gasteiger partial charge in [0.15, 0.2) is 0 Å². The van der Waals surface area contributed by atoms with Crippen molar-refractivity contribution < 1.29 is 0 Å². The lowest BCUT2D eigenvalue weighted by molar-refractivity contribution is 0.939. The summed E-state index contributed by atoms with van der Waals surface area (Å²) in [4.78, 5) is 14.3. The summed E-state index contributed by atoms with van der Waals surface area (Å²) in [6.45, 7) is 0.557. The number of rotatable bonds is 5. The number of hydrogen-bond acceptors (Lipinski definition) is 7. The zero-order chi connectivity index (χ0) is 14.5. The maximum Gasteiger partial charge on any atom is 0.243 e. The van der Waals surface area contributed by atoms with Crippen LogP contribution < -0.4 is 21.5 Å². The van der Waals surface area contributed by atoms with Crippen molar-refractivity contribution in [2.24, 2.45) is 5.84 Å². The third kappa shape index (κ3) is 3.69. The van der Waals surface area contributed by atoms with Crippen LogP contribution in [0.2, 0.25) is 5.02 Å². The van der Waals surface area contributed by atoms with Gasteiger partial charge in [0, 0.05) is 25.7 Å². The lowest BCUT2D eigenvalue weighted by Crippen LogP contribution is -2.19. The van der Waals surface area contributed by atoms with Crippen molar-refractivity contribution in [3.63, 3.8) is 0 Å². The van der Waals surface area contributed by atoms with Gasteiger partial charge in [-0.2, -0.15) is 15.0 Å². The van der Waals surface area contributed by atoms with Crippen molar-refractivity contribution in [2.75, 3.05) is 29.7 Å². The van der Waals surface area contributed by atoms with Crippen molar-refractivity contribution in [3.8, 4) is 0 Å².